The Kier molecular flexibility index (Phi) is 5.15. The number of thiophene rings is 1. The minimum absolute atomic E-state index is 0.168. The maximum absolute atomic E-state index is 10.9. The predicted molar refractivity (Wildman–Crippen MR) is 71.4 cm³/mol. The Morgan fingerprint density at radius 3 is 2.65 bits per heavy atom. The van der Waals surface area contributed by atoms with E-state index < -0.39 is 0 Å². The van der Waals surface area contributed by atoms with Crippen LogP contribution in [0.2, 0.25) is 0 Å². The summed E-state index contributed by atoms with van der Waals surface area (Å²) in [6.45, 7) is 8.13. The molecule has 17 heavy (non-hydrogen) atoms. The van der Waals surface area contributed by atoms with Crippen LogP contribution in [0.3, 0.4) is 0 Å². The molecule has 1 N–H and O–H groups in total. The number of methoxy groups -OCH3 is 1. The van der Waals surface area contributed by atoms with Crippen molar-refractivity contribution in [3.63, 3.8) is 0 Å². The van der Waals surface area contributed by atoms with Gasteiger partial charge in [0.2, 0.25) is 0 Å². The van der Waals surface area contributed by atoms with Crippen LogP contribution >= 0.6 is 11.3 Å². The zero-order chi connectivity index (χ0) is 12.9. The molecule has 0 fully saturated rings. The van der Waals surface area contributed by atoms with Crippen LogP contribution in [0.25, 0.3) is 0 Å². The topological polar surface area (TPSA) is 38.3 Å². The molecule has 0 amide bonds. The molecule has 0 atom stereocenters. The van der Waals surface area contributed by atoms with Gasteiger partial charge in [-0.25, -0.2) is 0 Å². The fourth-order valence-corrected chi connectivity index (χ4v) is 2.42. The van der Waals surface area contributed by atoms with E-state index >= 15 is 0 Å². The highest BCUT2D eigenvalue weighted by Gasteiger charge is 2.15. The normalized spacial score (nSPS) is 11.5. The summed E-state index contributed by atoms with van der Waals surface area (Å²) < 4.78 is 4.57. The zero-order valence-electron chi connectivity index (χ0n) is 11.0. The van der Waals surface area contributed by atoms with Crippen molar-refractivity contribution in [1.82, 2.24) is 5.32 Å². The molecule has 0 aliphatic rings. The van der Waals surface area contributed by atoms with Gasteiger partial charge < -0.3 is 10.1 Å². The first-order valence-electron chi connectivity index (χ1n) is 5.80. The largest absolute Gasteiger partial charge is 0.469 e. The minimum Gasteiger partial charge on any atom is -0.469 e. The summed E-state index contributed by atoms with van der Waals surface area (Å²) in [5.74, 6) is -0.168. The van der Waals surface area contributed by atoms with E-state index in [9.17, 15) is 4.79 Å². The van der Waals surface area contributed by atoms with Crippen LogP contribution in [-0.4, -0.2) is 19.6 Å². The van der Waals surface area contributed by atoms with E-state index in [1.807, 2.05) is 11.3 Å². The average Bonchev–Trinajstić information content (AvgIpc) is 2.72. The molecule has 1 rings (SSSR count). The Morgan fingerprint density at radius 2 is 2.12 bits per heavy atom. The summed E-state index contributed by atoms with van der Waals surface area (Å²) in [4.78, 5) is 13.6. The summed E-state index contributed by atoms with van der Waals surface area (Å²) in [7, 11) is 1.41. The highest BCUT2D eigenvalue weighted by molar-refractivity contribution is 7.12. The first-order valence-corrected chi connectivity index (χ1v) is 6.62. The maximum Gasteiger partial charge on any atom is 0.306 e. The summed E-state index contributed by atoms with van der Waals surface area (Å²) in [6, 6.07) is 4.33. The number of hydrogen-bond acceptors (Lipinski definition) is 4. The maximum atomic E-state index is 10.9. The fourth-order valence-electron chi connectivity index (χ4n) is 1.38. The van der Waals surface area contributed by atoms with Gasteiger partial charge in [-0.3, -0.25) is 4.79 Å². The van der Waals surface area contributed by atoms with Gasteiger partial charge in [0.15, 0.2) is 0 Å². The average molecular weight is 255 g/mol. The van der Waals surface area contributed by atoms with Crippen LogP contribution in [0.5, 0.6) is 0 Å². The van der Waals surface area contributed by atoms with Crippen LogP contribution in [-0.2, 0) is 21.5 Å². The van der Waals surface area contributed by atoms with E-state index in [0.717, 1.165) is 6.54 Å². The lowest BCUT2D eigenvalue weighted by molar-refractivity contribution is -0.140. The highest BCUT2D eigenvalue weighted by Crippen LogP contribution is 2.29. The predicted octanol–water partition coefficient (Wildman–Crippen LogP) is 2.70. The smallest absolute Gasteiger partial charge is 0.306 e. The van der Waals surface area contributed by atoms with Gasteiger partial charge in [0.1, 0.15) is 0 Å². The molecular formula is C13H21NO2S. The second kappa shape index (κ2) is 6.17. The Balaban J connectivity index is 2.33. The number of ether oxygens (including phenoxy) is 1. The number of nitrogens with one attached hydrogen (secondary N) is 1. The van der Waals surface area contributed by atoms with Gasteiger partial charge in [-0.15, -0.1) is 11.3 Å². The Hall–Kier alpha value is -0.870. The van der Waals surface area contributed by atoms with Gasteiger partial charge in [-0.1, -0.05) is 20.8 Å². The van der Waals surface area contributed by atoms with Crippen molar-refractivity contribution in [2.24, 2.45) is 0 Å². The van der Waals surface area contributed by atoms with Gasteiger partial charge in [-0.2, -0.15) is 0 Å². The number of esters is 1. The molecule has 1 heterocycles. The molecule has 0 aliphatic heterocycles. The van der Waals surface area contributed by atoms with Crippen molar-refractivity contribution in [3.05, 3.63) is 21.9 Å². The first-order chi connectivity index (χ1) is 7.93. The van der Waals surface area contributed by atoms with Crippen molar-refractivity contribution in [2.75, 3.05) is 13.7 Å². The number of carbonyl (C=O) groups is 1. The number of rotatable bonds is 5. The second-order valence-electron chi connectivity index (χ2n) is 5.02. The third-order valence-corrected chi connectivity index (χ3v) is 3.94. The minimum atomic E-state index is -0.168. The first kappa shape index (κ1) is 14.2. The molecule has 0 bridgehead atoms. The molecule has 4 heteroatoms. The molecule has 0 saturated heterocycles. The molecule has 1 aromatic heterocycles. The number of carbonyl (C=O) groups excluding carboxylic acids is 1. The summed E-state index contributed by atoms with van der Waals surface area (Å²) in [5.41, 5.74) is 0.217. The van der Waals surface area contributed by atoms with Gasteiger partial charge in [0, 0.05) is 22.8 Å². The zero-order valence-corrected chi connectivity index (χ0v) is 11.8. The molecule has 1 aromatic rings. The van der Waals surface area contributed by atoms with Crippen molar-refractivity contribution < 1.29 is 9.53 Å². The van der Waals surface area contributed by atoms with E-state index in [1.54, 1.807) is 0 Å². The molecule has 0 radical (unpaired) electrons. The van der Waals surface area contributed by atoms with Gasteiger partial charge in [-0.05, 0) is 17.5 Å². The van der Waals surface area contributed by atoms with Gasteiger partial charge in [0.25, 0.3) is 0 Å². The third-order valence-electron chi connectivity index (χ3n) is 2.43. The van der Waals surface area contributed by atoms with E-state index in [0.29, 0.717) is 13.0 Å². The molecule has 0 aromatic carbocycles. The standard InChI is InChI=1S/C13H21NO2S/c1-13(2,3)11-6-5-10(17-11)9-14-8-7-12(15)16-4/h5-6,14H,7-9H2,1-4H3. The Morgan fingerprint density at radius 1 is 1.41 bits per heavy atom. The molecule has 3 nitrogen and oxygen atoms in total. The van der Waals surface area contributed by atoms with Crippen LogP contribution in [0.15, 0.2) is 12.1 Å². The van der Waals surface area contributed by atoms with E-state index in [1.165, 1.54) is 16.9 Å². The van der Waals surface area contributed by atoms with Crippen LogP contribution in [0.1, 0.15) is 36.9 Å². The van der Waals surface area contributed by atoms with Crippen molar-refractivity contribution in [1.29, 1.82) is 0 Å². The van der Waals surface area contributed by atoms with Crippen LogP contribution in [0, 0.1) is 0 Å². The lowest BCUT2D eigenvalue weighted by atomic mass is 9.95. The van der Waals surface area contributed by atoms with E-state index in [-0.39, 0.29) is 11.4 Å². The SMILES string of the molecule is COC(=O)CCNCc1ccc(C(C)(C)C)s1. The van der Waals surface area contributed by atoms with Crippen LogP contribution < -0.4 is 5.32 Å². The van der Waals surface area contributed by atoms with Crippen molar-refractivity contribution >= 4 is 17.3 Å². The summed E-state index contributed by atoms with van der Waals surface area (Å²) in [6.07, 6.45) is 0.425. The van der Waals surface area contributed by atoms with Gasteiger partial charge in [0.05, 0.1) is 13.5 Å². The van der Waals surface area contributed by atoms with Gasteiger partial charge >= 0.3 is 5.97 Å². The molecule has 0 unspecified atom stereocenters. The monoisotopic (exact) mass is 255 g/mol. The summed E-state index contributed by atoms with van der Waals surface area (Å²) >= 11 is 1.83. The fraction of sp³-hybridized carbons (Fsp3) is 0.615. The third kappa shape index (κ3) is 4.88. The molecule has 96 valence electrons. The lowest BCUT2D eigenvalue weighted by Crippen LogP contribution is -2.17. The van der Waals surface area contributed by atoms with Crippen molar-refractivity contribution in [2.45, 2.75) is 39.2 Å². The molecule has 0 spiro atoms. The summed E-state index contributed by atoms with van der Waals surface area (Å²) in [5, 5.41) is 3.24. The molecular weight excluding hydrogens is 234 g/mol. The lowest BCUT2D eigenvalue weighted by Gasteiger charge is -2.15. The van der Waals surface area contributed by atoms with Crippen LogP contribution in [0.4, 0.5) is 0 Å². The molecule has 0 aliphatic carbocycles. The van der Waals surface area contributed by atoms with Crippen molar-refractivity contribution in [3.8, 4) is 0 Å². The Labute approximate surface area is 107 Å². The quantitative estimate of drug-likeness (QED) is 0.649. The Bertz CT molecular complexity index is 366. The molecule has 0 saturated carbocycles. The van der Waals surface area contributed by atoms with E-state index in [2.05, 4.69) is 43.0 Å². The van der Waals surface area contributed by atoms with E-state index in [4.69, 9.17) is 0 Å². The highest BCUT2D eigenvalue weighted by atomic mass is 32.1. The number of hydrogen-bond donors (Lipinski definition) is 1. The second-order valence-corrected chi connectivity index (χ2v) is 6.19.